The van der Waals surface area contributed by atoms with Crippen molar-refractivity contribution in [2.45, 2.75) is 20.4 Å². The van der Waals surface area contributed by atoms with Crippen molar-refractivity contribution < 1.29 is 14.3 Å². The summed E-state index contributed by atoms with van der Waals surface area (Å²) >= 11 is 0. The first kappa shape index (κ1) is 16.3. The highest BCUT2D eigenvalue weighted by Crippen LogP contribution is 2.30. The Balaban J connectivity index is 2.41. The summed E-state index contributed by atoms with van der Waals surface area (Å²) < 4.78 is 10.6. The van der Waals surface area contributed by atoms with Crippen LogP contribution in [0.25, 0.3) is 0 Å². The molecule has 1 rings (SSSR count). The van der Waals surface area contributed by atoms with Gasteiger partial charge in [-0.25, -0.2) is 0 Å². The monoisotopic (exact) mass is 280 g/mol. The Morgan fingerprint density at radius 2 is 1.95 bits per heavy atom. The highest BCUT2D eigenvalue weighted by atomic mass is 16.5. The number of hydrogen-bond acceptors (Lipinski definition) is 4. The second-order valence-electron chi connectivity index (χ2n) is 4.78. The van der Waals surface area contributed by atoms with E-state index in [4.69, 9.17) is 9.47 Å². The fourth-order valence-electron chi connectivity index (χ4n) is 1.79. The highest BCUT2D eigenvalue weighted by molar-refractivity contribution is 5.77. The largest absolute Gasteiger partial charge is 0.493 e. The molecule has 112 valence electrons. The smallest absolute Gasteiger partial charge is 0.222 e. The van der Waals surface area contributed by atoms with Gasteiger partial charge in [-0.2, -0.15) is 0 Å². The summed E-state index contributed by atoms with van der Waals surface area (Å²) in [6.07, 6.45) is 0. The van der Waals surface area contributed by atoms with Crippen molar-refractivity contribution in [2.75, 3.05) is 27.3 Å². The van der Waals surface area contributed by atoms with Gasteiger partial charge in [-0.05, 0) is 6.07 Å². The van der Waals surface area contributed by atoms with Crippen LogP contribution in [0.4, 0.5) is 0 Å². The van der Waals surface area contributed by atoms with E-state index >= 15 is 0 Å². The van der Waals surface area contributed by atoms with Crippen LogP contribution in [0.5, 0.6) is 11.5 Å². The first-order valence-electron chi connectivity index (χ1n) is 6.78. The Morgan fingerprint density at radius 3 is 2.55 bits per heavy atom. The summed E-state index contributed by atoms with van der Waals surface area (Å²) in [6.45, 7) is 5.74. The molecule has 0 fully saturated rings. The zero-order valence-electron chi connectivity index (χ0n) is 12.7. The predicted molar refractivity (Wildman–Crippen MR) is 79.1 cm³/mol. The Morgan fingerprint density at radius 1 is 1.20 bits per heavy atom. The Hall–Kier alpha value is -1.75. The maximum absolute atomic E-state index is 11.4. The van der Waals surface area contributed by atoms with Crippen molar-refractivity contribution >= 4 is 5.91 Å². The third-order valence-electron chi connectivity index (χ3n) is 2.93. The van der Waals surface area contributed by atoms with Gasteiger partial charge in [0.2, 0.25) is 5.91 Å². The lowest BCUT2D eigenvalue weighted by molar-refractivity contribution is -0.123. The van der Waals surface area contributed by atoms with E-state index in [1.807, 2.05) is 32.0 Å². The molecule has 0 aromatic heterocycles. The van der Waals surface area contributed by atoms with Crippen molar-refractivity contribution in [1.82, 2.24) is 10.6 Å². The summed E-state index contributed by atoms with van der Waals surface area (Å²) in [5.74, 6) is 1.56. The molecule has 0 aliphatic carbocycles. The molecule has 0 saturated heterocycles. The van der Waals surface area contributed by atoms with Crippen LogP contribution < -0.4 is 20.1 Å². The van der Waals surface area contributed by atoms with Crippen LogP contribution in [0.3, 0.4) is 0 Å². The van der Waals surface area contributed by atoms with E-state index in [0.717, 1.165) is 17.1 Å². The molecule has 0 unspecified atom stereocenters. The third-order valence-corrected chi connectivity index (χ3v) is 2.93. The van der Waals surface area contributed by atoms with Gasteiger partial charge in [-0.1, -0.05) is 26.0 Å². The maximum atomic E-state index is 11.4. The zero-order valence-corrected chi connectivity index (χ0v) is 12.7. The number of amides is 1. The number of benzene rings is 1. The second-order valence-corrected chi connectivity index (χ2v) is 4.78. The Bertz CT molecular complexity index is 433. The van der Waals surface area contributed by atoms with Gasteiger partial charge < -0.3 is 20.1 Å². The summed E-state index contributed by atoms with van der Waals surface area (Å²) in [4.78, 5) is 11.4. The summed E-state index contributed by atoms with van der Waals surface area (Å²) in [6, 6.07) is 5.78. The van der Waals surface area contributed by atoms with E-state index in [2.05, 4.69) is 10.6 Å². The van der Waals surface area contributed by atoms with Crippen LogP contribution in [0.1, 0.15) is 19.4 Å². The van der Waals surface area contributed by atoms with Crippen LogP contribution in [0, 0.1) is 5.92 Å². The van der Waals surface area contributed by atoms with E-state index in [-0.39, 0.29) is 11.8 Å². The van der Waals surface area contributed by atoms with Crippen LogP contribution in [0.2, 0.25) is 0 Å². The quantitative estimate of drug-likeness (QED) is 0.710. The molecule has 5 nitrogen and oxygen atoms in total. The standard InChI is InChI=1S/C15H24N2O3/c1-11(2)15(18)17-9-8-16-10-12-6-5-7-13(19-3)14(12)20-4/h5-7,11,16H,8-10H2,1-4H3,(H,17,18). The maximum Gasteiger partial charge on any atom is 0.222 e. The van der Waals surface area contributed by atoms with E-state index in [0.29, 0.717) is 19.6 Å². The van der Waals surface area contributed by atoms with Gasteiger partial charge in [0.25, 0.3) is 0 Å². The van der Waals surface area contributed by atoms with Crippen LogP contribution >= 0.6 is 0 Å². The normalized spacial score (nSPS) is 10.4. The fourth-order valence-corrected chi connectivity index (χ4v) is 1.79. The van der Waals surface area contributed by atoms with Gasteiger partial charge in [0.1, 0.15) is 0 Å². The Kier molecular flexibility index (Phi) is 6.87. The van der Waals surface area contributed by atoms with Gasteiger partial charge >= 0.3 is 0 Å². The van der Waals surface area contributed by atoms with Crippen molar-refractivity contribution in [3.05, 3.63) is 23.8 Å². The first-order valence-corrected chi connectivity index (χ1v) is 6.78. The molecule has 2 N–H and O–H groups in total. The van der Waals surface area contributed by atoms with Gasteiger partial charge in [0.15, 0.2) is 11.5 Å². The van der Waals surface area contributed by atoms with Crippen LogP contribution in [0.15, 0.2) is 18.2 Å². The van der Waals surface area contributed by atoms with E-state index in [1.54, 1.807) is 14.2 Å². The van der Waals surface area contributed by atoms with Gasteiger partial charge in [0, 0.05) is 31.1 Å². The molecule has 0 atom stereocenters. The van der Waals surface area contributed by atoms with E-state index in [9.17, 15) is 4.79 Å². The molecule has 0 spiro atoms. The van der Waals surface area contributed by atoms with E-state index in [1.165, 1.54) is 0 Å². The predicted octanol–water partition coefficient (Wildman–Crippen LogP) is 1.57. The minimum absolute atomic E-state index is 0.0217. The number of nitrogens with one attached hydrogen (secondary N) is 2. The SMILES string of the molecule is COc1cccc(CNCCNC(=O)C(C)C)c1OC. The molecule has 0 heterocycles. The molecule has 1 aromatic carbocycles. The average molecular weight is 280 g/mol. The summed E-state index contributed by atoms with van der Waals surface area (Å²) in [7, 11) is 3.25. The van der Waals surface area contributed by atoms with Gasteiger partial charge in [-0.15, -0.1) is 0 Å². The Labute approximate surface area is 120 Å². The topological polar surface area (TPSA) is 59.6 Å². The highest BCUT2D eigenvalue weighted by Gasteiger charge is 2.09. The number of carbonyl (C=O) groups is 1. The molecule has 0 bridgehead atoms. The number of carbonyl (C=O) groups excluding carboxylic acids is 1. The molecule has 0 aliphatic rings. The van der Waals surface area contributed by atoms with Crippen molar-refractivity contribution in [3.63, 3.8) is 0 Å². The average Bonchev–Trinajstić information content (AvgIpc) is 2.45. The molecule has 0 aliphatic heterocycles. The molecular weight excluding hydrogens is 256 g/mol. The minimum atomic E-state index is 0.0217. The summed E-state index contributed by atoms with van der Waals surface area (Å²) in [5, 5.41) is 6.13. The number of hydrogen-bond donors (Lipinski definition) is 2. The summed E-state index contributed by atoms with van der Waals surface area (Å²) in [5.41, 5.74) is 1.03. The zero-order chi connectivity index (χ0) is 15.0. The lowest BCUT2D eigenvalue weighted by atomic mass is 10.2. The fraction of sp³-hybridized carbons (Fsp3) is 0.533. The molecule has 1 amide bonds. The molecule has 5 heteroatoms. The van der Waals surface area contributed by atoms with Gasteiger partial charge in [-0.3, -0.25) is 4.79 Å². The van der Waals surface area contributed by atoms with E-state index < -0.39 is 0 Å². The lowest BCUT2D eigenvalue weighted by Crippen LogP contribution is -2.34. The van der Waals surface area contributed by atoms with Crippen molar-refractivity contribution in [3.8, 4) is 11.5 Å². The number of ether oxygens (including phenoxy) is 2. The first-order chi connectivity index (χ1) is 9.60. The lowest BCUT2D eigenvalue weighted by Gasteiger charge is -2.13. The minimum Gasteiger partial charge on any atom is -0.493 e. The van der Waals surface area contributed by atoms with Gasteiger partial charge in [0.05, 0.1) is 14.2 Å². The van der Waals surface area contributed by atoms with Crippen LogP contribution in [-0.4, -0.2) is 33.2 Å². The number of para-hydroxylation sites is 1. The molecular formula is C15H24N2O3. The molecule has 20 heavy (non-hydrogen) atoms. The third kappa shape index (κ3) is 4.74. The van der Waals surface area contributed by atoms with Crippen molar-refractivity contribution in [2.24, 2.45) is 5.92 Å². The molecule has 0 saturated carbocycles. The molecule has 1 aromatic rings. The number of rotatable bonds is 8. The molecule has 0 radical (unpaired) electrons. The van der Waals surface area contributed by atoms with Crippen LogP contribution in [-0.2, 0) is 11.3 Å². The van der Waals surface area contributed by atoms with Crippen molar-refractivity contribution in [1.29, 1.82) is 0 Å². The second kappa shape index (κ2) is 8.43. The number of methoxy groups -OCH3 is 2.